The van der Waals surface area contributed by atoms with Gasteiger partial charge in [-0.3, -0.25) is 0 Å². The Morgan fingerprint density at radius 2 is 1.89 bits per heavy atom. The standard InChI is InChI=1S/C14H12FN3/c15-13-7-11(8-16)3-6-14(13)18-9-10-1-4-12(17)5-2-10/h1-7,18H,9,17H2. The summed E-state index contributed by atoms with van der Waals surface area (Å²) in [7, 11) is 0. The highest BCUT2D eigenvalue weighted by Crippen LogP contribution is 2.16. The summed E-state index contributed by atoms with van der Waals surface area (Å²) in [6.07, 6.45) is 0. The summed E-state index contributed by atoms with van der Waals surface area (Å²) in [5.74, 6) is -0.426. The first-order valence-electron chi connectivity index (χ1n) is 5.47. The Morgan fingerprint density at radius 1 is 1.17 bits per heavy atom. The third kappa shape index (κ3) is 2.77. The van der Waals surface area contributed by atoms with Crippen molar-refractivity contribution in [3.05, 3.63) is 59.4 Å². The van der Waals surface area contributed by atoms with E-state index in [2.05, 4.69) is 5.32 Å². The van der Waals surface area contributed by atoms with Gasteiger partial charge in [-0.15, -0.1) is 0 Å². The van der Waals surface area contributed by atoms with Gasteiger partial charge in [-0.1, -0.05) is 12.1 Å². The number of nitrogens with two attached hydrogens (primary N) is 1. The quantitative estimate of drug-likeness (QED) is 0.812. The number of halogens is 1. The van der Waals surface area contributed by atoms with Crippen LogP contribution in [0.3, 0.4) is 0 Å². The lowest BCUT2D eigenvalue weighted by atomic mass is 10.2. The fraction of sp³-hybridized carbons (Fsp3) is 0.0714. The third-order valence-corrected chi connectivity index (χ3v) is 2.56. The van der Waals surface area contributed by atoms with Crippen molar-refractivity contribution in [3.63, 3.8) is 0 Å². The van der Waals surface area contributed by atoms with E-state index < -0.39 is 5.82 Å². The number of hydrogen-bond acceptors (Lipinski definition) is 3. The summed E-state index contributed by atoms with van der Waals surface area (Å²) >= 11 is 0. The van der Waals surface area contributed by atoms with Gasteiger partial charge in [0.25, 0.3) is 0 Å². The van der Waals surface area contributed by atoms with Crippen LogP contribution in [0.15, 0.2) is 42.5 Å². The van der Waals surface area contributed by atoms with E-state index in [1.165, 1.54) is 6.07 Å². The monoisotopic (exact) mass is 241 g/mol. The zero-order chi connectivity index (χ0) is 13.0. The van der Waals surface area contributed by atoms with Gasteiger partial charge in [0.15, 0.2) is 0 Å². The van der Waals surface area contributed by atoms with Crippen molar-refractivity contribution in [2.24, 2.45) is 0 Å². The fourth-order valence-corrected chi connectivity index (χ4v) is 1.56. The lowest BCUT2D eigenvalue weighted by molar-refractivity contribution is 0.629. The Balaban J connectivity index is 2.06. The molecule has 0 fully saturated rings. The number of anilines is 2. The largest absolute Gasteiger partial charge is 0.399 e. The SMILES string of the molecule is N#Cc1ccc(NCc2ccc(N)cc2)c(F)c1. The van der Waals surface area contributed by atoms with Crippen LogP contribution in [0.5, 0.6) is 0 Å². The topological polar surface area (TPSA) is 61.8 Å². The Kier molecular flexibility index (Phi) is 3.44. The lowest BCUT2D eigenvalue weighted by Crippen LogP contribution is -2.01. The predicted octanol–water partition coefficient (Wildman–Crippen LogP) is 2.89. The van der Waals surface area contributed by atoms with E-state index in [-0.39, 0.29) is 0 Å². The maximum atomic E-state index is 13.6. The maximum absolute atomic E-state index is 13.6. The van der Waals surface area contributed by atoms with Gasteiger partial charge in [0, 0.05) is 12.2 Å². The number of nitriles is 1. The fourth-order valence-electron chi connectivity index (χ4n) is 1.56. The molecule has 0 heterocycles. The number of nitrogens with zero attached hydrogens (tertiary/aromatic N) is 1. The molecule has 0 radical (unpaired) electrons. The molecule has 0 unspecified atom stereocenters. The van der Waals surface area contributed by atoms with Crippen LogP contribution in [0.25, 0.3) is 0 Å². The van der Waals surface area contributed by atoms with Gasteiger partial charge in [-0.05, 0) is 35.9 Å². The van der Waals surface area contributed by atoms with Crippen molar-refractivity contribution in [1.82, 2.24) is 0 Å². The summed E-state index contributed by atoms with van der Waals surface area (Å²) in [6.45, 7) is 0.503. The molecule has 2 aromatic carbocycles. The van der Waals surface area contributed by atoms with Crippen molar-refractivity contribution in [1.29, 1.82) is 5.26 Å². The molecule has 0 aromatic heterocycles. The van der Waals surface area contributed by atoms with E-state index >= 15 is 0 Å². The number of benzene rings is 2. The minimum absolute atomic E-state index is 0.311. The summed E-state index contributed by atoms with van der Waals surface area (Å²) < 4.78 is 13.6. The van der Waals surface area contributed by atoms with Gasteiger partial charge >= 0.3 is 0 Å². The first kappa shape index (κ1) is 11.9. The van der Waals surface area contributed by atoms with E-state index in [0.717, 1.165) is 5.56 Å². The lowest BCUT2D eigenvalue weighted by Gasteiger charge is -2.08. The van der Waals surface area contributed by atoms with Gasteiger partial charge in [0.05, 0.1) is 17.3 Å². The smallest absolute Gasteiger partial charge is 0.147 e. The average molecular weight is 241 g/mol. The third-order valence-electron chi connectivity index (χ3n) is 2.56. The summed E-state index contributed by atoms with van der Waals surface area (Å²) in [5.41, 5.74) is 7.97. The minimum Gasteiger partial charge on any atom is -0.399 e. The first-order chi connectivity index (χ1) is 8.69. The van der Waals surface area contributed by atoms with Crippen LogP contribution in [0.1, 0.15) is 11.1 Å². The normalized spacial score (nSPS) is 9.78. The molecular weight excluding hydrogens is 229 g/mol. The van der Waals surface area contributed by atoms with Crippen LogP contribution < -0.4 is 11.1 Å². The Bertz CT molecular complexity index is 585. The zero-order valence-corrected chi connectivity index (χ0v) is 9.65. The molecule has 0 aliphatic heterocycles. The van der Waals surface area contributed by atoms with Crippen LogP contribution in [-0.4, -0.2) is 0 Å². The molecule has 4 heteroatoms. The number of nitrogens with one attached hydrogen (secondary N) is 1. The van der Waals surface area contributed by atoms with Crippen molar-refractivity contribution < 1.29 is 4.39 Å². The number of hydrogen-bond donors (Lipinski definition) is 2. The molecule has 3 N–H and O–H groups in total. The van der Waals surface area contributed by atoms with Crippen LogP contribution in [0.2, 0.25) is 0 Å². The van der Waals surface area contributed by atoms with Crippen molar-refractivity contribution in [2.75, 3.05) is 11.1 Å². The van der Waals surface area contributed by atoms with Gasteiger partial charge in [-0.2, -0.15) is 5.26 Å². The molecule has 18 heavy (non-hydrogen) atoms. The molecule has 0 saturated heterocycles. The molecule has 0 bridgehead atoms. The van der Waals surface area contributed by atoms with E-state index in [0.29, 0.717) is 23.5 Å². The molecule has 0 amide bonds. The van der Waals surface area contributed by atoms with Gasteiger partial charge < -0.3 is 11.1 Å². The molecule has 90 valence electrons. The van der Waals surface area contributed by atoms with Gasteiger partial charge in [-0.25, -0.2) is 4.39 Å². The zero-order valence-electron chi connectivity index (χ0n) is 9.65. The van der Waals surface area contributed by atoms with Gasteiger partial charge in [0.2, 0.25) is 0 Å². The van der Waals surface area contributed by atoms with Crippen molar-refractivity contribution >= 4 is 11.4 Å². The molecule has 3 nitrogen and oxygen atoms in total. The van der Waals surface area contributed by atoms with Crippen LogP contribution in [0.4, 0.5) is 15.8 Å². The highest BCUT2D eigenvalue weighted by molar-refractivity contribution is 5.49. The molecule has 0 atom stereocenters. The molecule has 0 saturated carbocycles. The Hall–Kier alpha value is -2.54. The Morgan fingerprint density at radius 3 is 2.50 bits per heavy atom. The van der Waals surface area contributed by atoms with Crippen LogP contribution in [-0.2, 0) is 6.54 Å². The van der Waals surface area contributed by atoms with E-state index in [4.69, 9.17) is 11.0 Å². The Labute approximate surface area is 105 Å². The summed E-state index contributed by atoms with van der Waals surface area (Å²) in [6, 6.07) is 13.6. The van der Waals surface area contributed by atoms with E-state index in [1.54, 1.807) is 24.3 Å². The molecule has 0 aliphatic carbocycles. The van der Waals surface area contributed by atoms with Gasteiger partial charge in [0.1, 0.15) is 5.82 Å². The molecule has 2 rings (SSSR count). The molecule has 0 spiro atoms. The number of nitrogen functional groups attached to an aromatic ring is 1. The van der Waals surface area contributed by atoms with E-state index in [9.17, 15) is 4.39 Å². The van der Waals surface area contributed by atoms with Crippen molar-refractivity contribution in [2.45, 2.75) is 6.54 Å². The summed E-state index contributed by atoms with van der Waals surface area (Å²) in [4.78, 5) is 0. The highest BCUT2D eigenvalue weighted by atomic mass is 19.1. The second-order valence-corrected chi connectivity index (χ2v) is 3.90. The number of rotatable bonds is 3. The van der Waals surface area contributed by atoms with Crippen LogP contribution >= 0.6 is 0 Å². The second-order valence-electron chi connectivity index (χ2n) is 3.90. The molecule has 2 aromatic rings. The predicted molar refractivity (Wildman–Crippen MR) is 69.3 cm³/mol. The average Bonchev–Trinajstić information content (AvgIpc) is 2.39. The summed E-state index contributed by atoms with van der Waals surface area (Å²) in [5, 5.41) is 11.6. The minimum atomic E-state index is -0.426. The first-order valence-corrected chi connectivity index (χ1v) is 5.47. The maximum Gasteiger partial charge on any atom is 0.147 e. The van der Waals surface area contributed by atoms with Crippen LogP contribution in [0, 0.1) is 17.1 Å². The van der Waals surface area contributed by atoms with E-state index in [1.807, 2.05) is 18.2 Å². The second kappa shape index (κ2) is 5.19. The molecule has 0 aliphatic rings. The van der Waals surface area contributed by atoms with Crippen molar-refractivity contribution in [3.8, 4) is 6.07 Å². The molecular formula is C14H12FN3. The highest BCUT2D eigenvalue weighted by Gasteiger charge is 2.03.